The molecule has 0 spiro atoms. The molecule has 3 unspecified atom stereocenters. The second-order valence-electron chi connectivity index (χ2n) is 8.33. The van der Waals surface area contributed by atoms with Crippen molar-refractivity contribution in [2.24, 2.45) is 5.73 Å². The maximum atomic E-state index is 13.1. The Bertz CT molecular complexity index is 1090. The maximum Gasteiger partial charge on any atom is 0.322 e. The van der Waals surface area contributed by atoms with Gasteiger partial charge in [-0.25, -0.2) is 0 Å². The normalized spacial score (nSPS) is 13.0. The van der Waals surface area contributed by atoms with Crippen molar-refractivity contribution in [3.63, 3.8) is 0 Å². The lowest BCUT2D eigenvalue weighted by molar-refractivity contribution is -0.138. The summed E-state index contributed by atoms with van der Waals surface area (Å²) in [5, 5.41) is 34.5. The molecule has 3 atom stereocenters. The van der Waals surface area contributed by atoms with Crippen LogP contribution >= 0.6 is 0 Å². The van der Waals surface area contributed by atoms with Gasteiger partial charge in [-0.2, -0.15) is 0 Å². The Kier molecular flexibility index (Phi) is 11.0. The summed E-state index contributed by atoms with van der Waals surface area (Å²) < 4.78 is 0. The topological polar surface area (TPSA) is 208 Å². The van der Waals surface area contributed by atoms with Gasteiger partial charge in [0.2, 0.25) is 17.7 Å². The zero-order valence-corrected chi connectivity index (χ0v) is 19.9. The van der Waals surface area contributed by atoms with E-state index >= 15 is 0 Å². The zero-order chi connectivity index (χ0) is 27.4. The zero-order valence-electron chi connectivity index (χ0n) is 19.9. The van der Waals surface area contributed by atoms with Gasteiger partial charge in [-0.3, -0.25) is 24.0 Å². The van der Waals surface area contributed by atoms with Crippen LogP contribution in [-0.4, -0.2) is 69.7 Å². The molecule has 0 aliphatic carbocycles. The fraction of sp³-hybridized carbons (Fsp3) is 0.320. The van der Waals surface area contributed by atoms with Gasteiger partial charge in [-0.05, 0) is 36.1 Å². The van der Waals surface area contributed by atoms with E-state index in [9.17, 15) is 29.1 Å². The maximum absolute atomic E-state index is 13.1. The fourth-order valence-electron chi connectivity index (χ4n) is 3.41. The van der Waals surface area contributed by atoms with E-state index in [1.807, 2.05) is 6.07 Å². The van der Waals surface area contributed by atoms with Crippen molar-refractivity contribution < 1.29 is 39.3 Å². The minimum atomic E-state index is -1.32. The van der Waals surface area contributed by atoms with Crippen molar-refractivity contribution in [2.75, 3.05) is 6.54 Å². The summed E-state index contributed by atoms with van der Waals surface area (Å²) in [7, 11) is 0. The van der Waals surface area contributed by atoms with Crippen LogP contribution in [0.3, 0.4) is 0 Å². The van der Waals surface area contributed by atoms with Gasteiger partial charge >= 0.3 is 11.9 Å². The molecule has 2 aromatic carbocycles. The van der Waals surface area contributed by atoms with Crippen molar-refractivity contribution in [1.29, 1.82) is 0 Å². The van der Waals surface area contributed by atoms with E-state index in [1.54, 1.807) is 24.3 Å². The molecule has 0 heterocycles. The predicted octanol–water partition coefficient (Wildman–Crippen LogP) is -0.460. The lowest BCUT2D eigenvalue weighted by Gasteiger charge is -2.24. The molecule has 0 saturated carbocycles. The first-order chi connectivity index (χ1) is 17.5. The Hall–Kier alpha value is -4.45. The minimum Gasteiger partial charge on any atom is -0.508 e. The van der Waals surface area contributed by atoms with E-state index in [2.05, 4.69) is 16.0 Å². The van der Waals surface area contributed by atoms with Crippen LogP contribution in [-0.2, 0) is 36.8 Å². The summed E-state index contributed by atoms with van der Waals surface area (Å²) in [6, 6.07) is 11.2. The number of hydrogen-bond acceptors (Lipinski definition) is 7. The first-order valence-corrected chi connectivity index (χ1v) is 11.4. The number of nitrogens with two attached hydrogens (primary N) is 1. The van der Waals surface area contributed by atoms with Gasteiger partial charge in [-0.15, -0.1) is 0 Å². The summed E-state index contributed by atoms with van der Waals surface area (Å²) in [5.74, 6) is -4.81. The second-order valence-corrected chi connectivity index (χ2v) is 8.33. The third-order valence-electron chi connectivity index (χ3n) is 5.34. The van der Waals surface area contributed by atoms with Gasteiger partial charge in [0, 0.05) is 12.8 Å². The smallest absolute Gasteiger partial charge is 0.322 e. The Morgan fingerprint density at radius 1 is 0.730 bits per heavy atom. The summed E-state index contributed by atoms with van der Waals surface area (Å²) in [5.41, 5.74) is 7.32. The fourth-order valence-corrected chi connectivity index (χ4v) is 3.41. The molecule has 0 radical (unpaired) electrons. The van der Waals surface area contributed by atoms with Crippen molar-refractivity contribution in [3.8, 4) is 5.75 Å². The number of carbonyl (C=O) groups is 5. The van der Waals surface area contributed by atoms with Gasteiger partial charge in [0.15, 0.2) is 0 Å². The Balaban J connectivity index is 2.16. The van der Waals surface area contributed by atoms with Crippen LogP contribution in [0, 0.1) is 0 Å². The quantitative estimate of drug-likeness (QED) is 0.174. The van der Waals surface area contributed by atoms with Crippen LogP contribution in [0.4, 0.5) is 0 Å². The number of carboxylic acids is 2. The van der Waals surface area contributed by atoms with E-state index in [-0.39, 0.29) is 25.0 Å². The Morgan fingerprint density at radius 3 is 1.92 bits per heavy atom. The number of aromatic hydroxyl groups is 1. The molecule has 0 aromatic heterocycles. The highest BCUT2D eigenvalue weighted by Crippen LogP contribution is 2.12. The van der Waals surface area contributed by atoms with Crippen molar-refractivity contribution in [3.05, 3.63) is 65.7 Å². The van der Waals surface area contributed by atoms with Gasteiger partial charge in [0.1, 0.15) is 24.4 Å². The summed E-state index contributed by atoms with van der Waals surface area (Å²) in [6.07, 6.45) is -0.598. The Morgan fingerprint density at radius 2 is 1.32 bits per heavy atom. The number of amides is 3. The molecule has 0 bridgehead atoms. The van der Waals surface area contributed by atoms with Crippen LogP contribution in [0.2, 0.25) is 0 Å². The van der Waals surface area contributed by atoms with E-state index < -0.39 is 60.8 Å². The average molecular weight is 515 g/mol. The van der Waals surface area contributed by atoms with Gasteiger partial charge in [0.25, 0.3) is 0 Å². The molecule has 8 N–H and O–H groups in total. The summed E-state index contributed by atoms with van der Waals surface area (Å²) in [6.45, 7) is -0.686. The van der Waals surface area contributed by atoms with Crippen LogP contribution in [0.15, 0.2) is 54.6 Å². The molecule has 12 heteroatoms. The monoisotopic (exact) mass is 514 g/mol. The number of carboxylic acid groups (broad SMARTS) is 2. The van der Waals surface area contributed by atoms with E-state index in [4.69, 9.17) is 15.9 Å². The SMILES string of the molecule is NC(Cc1ccccc1)C(=O)NC(CCC(=O)O)C(=O)NC(Cc1ccc(O)cc1)C(=O)NCC(=O)O. The second kappa shape index (κ2) is 14.2. The highest BCUT2D eigenvalue weighted by Gasteiger charge is 2.29. The van der Waals surface area contributed by atoms with E-state index in [1.165, 1.54) is 24.3 Å². The van der Waals surface area contributed by atoms with Crippen LogP contribution in [0.1, 0.15) is 24.0 Å². The molecule has 198 valence electrons. The molecule has 0 aliphatic heterocycles. The third kappa shape index (κ3) is 10.4. The summed E-state index contributed by atoms with van der Waals surface area (Å²) in [4.78, 5) is 60.4. The molecule has 12 nitrogen and oxygen atoms in total. The lowest BCUT2D eigenvalue weighted by Crippen LogP contribution is -2.56. The average Bonchev–Trinajstić information content (AvgIpc) is 2.86. The van der Waals surface area contributed by atoms with Crippen LogP contribution < -0.4 is 21.7 Å². The number of rotatable bonds is 14. The van der Waals surface area contributed by atoms with Crippen LogP contribution in [0.25, 0.3) is 0 Å². The number of hydrogen-bond donors (Lipinski definition) is 7. The standard InChI is InChI=1S/C25H30N4O8/c26-18(12-15-4-2-1-3-5-15)23(35)28-19(10-11-21(31)32)25(37)29-20(24(36)27-14-22(33)34)13-16-6-8-17(30)9-7-16/h1-9,18-20,30H,10-14,26H2,(H,27,36)(H,28,35)(H,29,37)(H,31,32)(H,33,34). The van der Waals surface area contributed by atoms with Gasteiger partial charge in [0.05, 0.1) is 6.04 Å². The molecule has 37 heavy (non-hydrogen) atoms. The molecule has 0 saturated heterocycles. The van der Waals surface area contributed by atoms with E-state index in [0.29, 0.717) is 5.56 Å². The largest absolute Gasteiger partial charge is 0.508 e. The lowest BCUT2D eigenvalue weighted by atomic mass is 10.0. The molecule has 3 amide bonds. The number of nitrogens with one attached hydrogen (secondary N) is 3. The first kappa shape index (κ1) is 28.8. The molecule has 0 aliphatic rings. The predicted molar refractivity (Wildman–Crippen MR) is 131 cm³/mol. The summed E-state index contributed by atoms with van der Waals surface area (Å²) >= 11 is 0. The first-order valence-electron chi connectivity index (χ1n) is 11.4. The molecule has 2 rings (SSSR count). The number of carbonyl (C=O) groups excluding carboxylic acids is 3. The van der Waals surface area contributed by atoms with Crippen molar-refractivity contribution in [1.82, 2.24) is 16.0 Å². The molecular formula is C25H30N4O8. The highest BCUT2D eigenvalue weighted by atomic mass is 16.4. The van der Waals surface area contributed by atoms with Gasteiger partial charge < -0.3 is 37.0 Å². The van der Waals surface area contributed by atoms with Crippen molar-refractivity contribution >= 4 is 29.7 Å². The molecule has 2 aromatic rings. The minimum absolute atomic E-state index is 0.0112. The number of aliphatic carboxylic acids is 2. The van der Waals surface area contributed by atoms with E-state index in [0.717, 1.165) is 5.56 Å². The van der Waals surface area contributed by atoms with Gasteiger partial charge in [-0.1, -0.05) is 42.5 Å². The highest BCUT2D eigenvalue weighted by molar-refractivity contribution is 5.94. The Labute approximate surface area is 212 Å². The third-order valence-corrected chi connectivity index (χ3v) is 5.34. The van der Waals surface area contributed by atoms with Crippen molar-refractivity contribution in [2.45, 2.75) is 43.8 Å². The molecule has 0 fully saturated rings. The number of phenolic OH excluding ortho intramolecular Hbond substituents is 1. The van der Waals surface area contributed by atoms with Crippen LogP contribution in [0.5, 0.6) is 5.75 Å². The number of benzene rings is 2. The number of phenols is 1. The molecular weight excluding hydrogens is 484 g/mol.